The van der Waals surface area contributed by atoms with Crippen molar-refractivity contribution in [2.24, 2.45) is 5.92 Å². The van der Waals surface area contributed by atoms with Gasteiger partial charge in [0.25, 0.3) is 0 Å². The minimum absolute atomic E-state index is 0. The summed E-state index contributed by atoms with van der Waals surface area (Å²) in [6.45, 7) is 13.5. The van der Waals surface area contributed by atoms with Crippen molar-refractivity contribution >= 4 is 70.5 Å². The second-order valence-corrected chi connectivity index (χ2v) is 11.6. The van der Waals surface area contributed by atoms with Crippen molar-refractivity contribution in [3.63, 3.8) is 0 Å². The van der Waals surface area contributed by atoms with Crippen molar-refractivity contribution in [1.82, 2.24) is 15.0 Å². The quantitative estimate of drug-likeness (QED) is 0.229. The topological polar surface area (TPSA) is 167 Å². The zero-order chi connectivity index (χ0) is 33.9. The Kier molecular flexibility index (Phi) is 9.26. The first kappa shape index (κ1) is 34.4. The minimum atomic E-state index is -1.23. The molecule has 0 amide bonds. The Labute approximate surface area is 292 Å². The number of nitrogens with zero attached hydrogens (tertiary/aromatic N) is 4. The molecule has 3 aromatic rings. The molecule has 8 bridgehead atoms. The Bertz CT molecular complexity index is 2150. The third kappa shape index (κ3) is 5.25. The second kappa shape index (κ2) is 12.9. The van der Waals surface area contributed by atoms with E-state index in [9.17, 15) is 24.6 Å². The molecule has 0 saturated heterocycles. The Hall–Kier alpha value is -4.94. The molecule has 242 valence electrons. The van der Waals surface area contributed by atoms with Gasteiger partial charge in [-0.15, -0.1) is 28.1 Å². The Balaban J connectivity index is 0.00000451. The smallest absolute Gasteiger partial charge is 0.678 e. The van der Waals surface area contributed by atoms with E-state index < -0.39 is 23.8 Å². The normalized spacial score (nSPS) is 19.1. The van der Waals surface area contributed by atoms with Crippen LogP contribution in [0, 0.1) is 19.8 Å². The Morgan fingerprint density at radius 1 is 0.958 bits per heavy atom. The number of methoxy groups -OCH3 is 2. The van der Waals surface area contributed by atoms with Crippen molar-refractivity contribution < 1.29 is 34.1 Å². The Morgan fingerprint density at radius 3 is 2.31 bits per heavy atom. The van der Waals surface area contributed by atoms with Crippen molar-refractivity contribution in [3.05, 3.63) is 114 Å². The molecular weight excluding hydrogens is 625 g/mol. The molecule has 11 nitrogen and oxygen atoms in total. The summed E-state index contributed by atoms with van der Waals surface area (Å²) in [5, 5.41) is 26.8. The molecule has 0 spiro atoms. The predicted octanol–water partition coefficient (Wildman–Crippen LogP) is 2.74. The fraction of sp³-hybridized carbons (Fsp3) is 0.250. The summed E-state index contributed by atoms with van der Waals surface area (Å²) in [4.78, 5) is 52.8. The van der Waals surface area contributed by atoms with Gasteiger partial charge in [0.05, 0.1) is 19.8 Å². The van der Waals surface area contributed by atoms with Gasteiger partial charge >= 0.3 is 41.0 Å². The van der Waals surface area contributed by atoms with E-state index >= 15 is 0 Å². The largest absolute Gasteiger partial charge is 2.00 e. The van der Waals surface area contributed by atoms with Gasteiger partial charge in [0.1, 0.15) is 11.7 Å². The average molecular weight is 657 g/mol. The van der Waals surface area contributed by atoms with Gasteiger partial charge in [0.2, 0.25) is 0 Å². The summed E-state index contributed by atoms with van der Waals surface area (Å²) < 4.78 is 10.3. The first-order chi connectivity index (χ1) is 22.4. The number of aliphatic hydroxyl groups excluding tert-OH is 1. The summed E-state index contributed by atoms with van der Waals surface area (Å²) in [5.74, 6) is -3.92. The summed E-state index contributed by atoms with van der Waals surface area (Å²) in [5.41, 5.74) is 7.46. The number of carbonyl (C=O) groups is 3. The number of ether oxygens (including phenoxy) is 2. The van der Waals surface area contributed by atoms with Crippen LogP contribution in [0.25, 0.3) is 34.9 Å². The summed E-state index contributed by atoms with van der Waals surface area (Å²) in [7, 11) is 2.53. The number of hydrogen-bond donors (Lipinski definition) is 2. The minimum Gasteiger partial charge on any atom is -0.678 e. The van der Waals surface area contributed by atoms with Gasteiger partial charge in [-0.1, -0.05) is 66.1 Å². The predicted molar refractivity (Wildman–Crippen MR) is 180 cm³/mol. The number of aliphatic carboxylic acids is 1. The molecule has 0 radical (unpaired) electrons. The fourth-order valence-electron chi connectivity index (χ4n) is 6.75. The number of allylic oxidation sites excluding steroid dienone is 1. The van der Waals surface area contributed by atoms with E-state index in [2.05, 4.69) is 13.2 Å². The van der Waals surface area contributed by atoms with Gasteiger partial charge in [-0.2, -0.15) is 11.4 Å². The monoisotopic (exact) mass is 656 g/mol. The van der Waals surface area contributed by atoms with Crippen LogP contribution in [0.2, 0.25) is 0 Å². The number of carbonyl (C=O) groups excluding carboxylic acids is 2. The number of esters is 2. The molecule has 5 heterocycles. The molecule has 2 N–H and O–H groups in total. The zero-order valence-corrected chi connectivity index (χ0v) is 28.7. The van der Waals surface area contributed by atoms with E-state index in [4.69, 9.17) is 29.7 Å². The van der Waals surface area contributed by atoms with Crippen molar-refractivity contribution in [1.29, 1.82) is 0 Å². The van der Waals surface area contributed by atoms with Crippen molar-refractivity contribution in [3.8, 4) is 0 Å². The molecular formula is C36H32MgN4O7-2. The van der Waals surface area contributed by atoms with E-state index in [0.717, 1.165) is 17.2 Å². The van der Waals surface area contributed by atoms with Crippen molar-refractivity contribution in [2.75, 3.05) is 14.2 Å². The van der Waals surface area contributed by atoms with E-state index in [0.29, 0.717) is 79.0 Å². The summed E-state index contributed by atoms with van der Waals surface area (Å²) >= 11 is 0. The van der Waals surface area contributed by atoms with E-state index in [1.165, 1.54) is 20.3 Å². The number of aromatic nitrogens is 3. The van der Waals surface area contributed by atoms with Crippen LogP contribution >= 0.6 is 0 Å². The number of carboxylic acid groups (broad SMARTS) is 1. The van der Waals surface area contributed by atoms with Crippen LogP contribution in [0.1, 0.15) is 68.0 Å². The average Bonchev–Trinajstić information content (AvgIpc) is 3.79. The van der Waals surface area contributed by atoms with Crippen LogP contribution in [-0.2, 0) is 31.9 Å². The van der Waals surface area contributed by atoms with E-state index in [1.54, 1.807) is 25.2 Å². The van der Waals surface area contributed by atoms with Crippen LogP contribution in [-0.4, -0.2) is 71.4 Å². The second-order valence-electron chi connectivity index (χ2n) is 11.6. The molecule has 6 rings (SSSR count). The van der Waals surface area contributed by atoms with Crippen LogP contribution in [0.5, 0.6) is 0 Å². The molecule has 0 fully saturated rings. The number of hydrogen-bond acceptors (Lipinski definition) is 6. The Morgan fingerprint density at radius 2 is 1.69 bits per heavy atom. The third-order valence-corrected chi connectivity index (χ3v) is 9.17. The van der Waals surface area contributed by atoms with Gasteiger partial charge in [-0.05, 0) is 50.0 Å². The molecule has 3 aliphatic rings. The van der Waals surface area contributed by atoms with E-state index in [1.807, 2.05) is 13.8 Å². The molecule has 2 aliphatic heterocycles. The van der Waals surface area contributed by atoms with Gasteiger partial charge in [-0.25, -0.2) is 9.59 Å². The standard InChI is InChI=1S/C36H34N4O7.Mg/c1-8-18-15(3)21-12-22-16(4)20(10-11-27(41)42)32(39-22)30-31(36(45)47-7)34(43)28-17(5)23(40-33(28)30)13-25-19(9-2)29(35(44)46-6)26(38-25)14-24(18)37-21;/h8-11,14,21,31H,1-2,12-13H2,3-7H3,(H4,37,38,41,42,43,44);/q-2;+2/p-2/b11-10+;/t21?,31-;/m1./s1. The van der Waals surface area contributed by atoms with Gasteiger partial charge in [0.15, 0.2) is 0 Å². The maximum Gasteiger partial charge on any atom is 2.00 e. The number of fused-ring (bicyclic) bond motifs is 8. The molecule has 12 heteroatoms. The zero-order valence-electron chi connectivity index (χ0n) is 27.3. The first-order valence-electron chi connectivity index (χ1n) is 14.9. The van der Waals surface area contributed by atoms with Crippen LogP contribution < -0.4 is 25.5 Å². The number of rotatable bonds is 6. The maximum absolute atomic E-state index is 13.2. The van der Waals surface area contributed by atoms with E-state index in [-0.39, 0.29) is 46.8 Å². The molecule has 0 saturated carbocycles. The van der Waals surface area contributed by atoms with Crippen LogP contribution in [0.4, 0.5) is 0 Å². The summed E-state index contributed by atoms with van der Waals surface area (Å²) in [6, 6.07) is -0.374. The first-order valence-corrected chi connectivity index (χ1v) is 14.9. The molecule has 0 aromatic carbocycles. The van der Waals surface area contributed by atoms with Gasteiger partial charge < -0.3 is 40.0 Å². The third-order valence-electron chi connectivity index (χ3n) is 9.17. The summed E-state index contributed by atoms with van der Waals surface area (Å²) in [6.07, 6.45) is 7.94. The molecule has 3 aromatic heterocycles. The molecule has 2 atom stereocenters. The van der Waals surface area contributed by atoms with Gasteiger partial charge in [0, 0.05) is 11.3 Å². The maximum atomic E-state index is 13.2. The van der Waals surface area contributed by atoms with Crippen LogP contribution in [0.3, 0.4) is 0 Å². The number of carboxylic acids is 1. The SMILES string of the molecule is C=CC1=C(C)C2Cc3[n-]c(c(/C=C/C(=O)O)c3C)C3=c4[n-]c(c(C)c4=C(O)[C@@H]3C(=O)OC)Cc3[n-]c(c(C(=O)OC)c3C=C)/C=C/1[N-]2.[Mg+2]. The van der Waals surface area contributed by atoms with Crippen LogP contribution in [0.15, 0.2) is 42.2 Å². The molecule has 1 unspecified atom stereocenters. The number of aliphatic hydroxyl groups is 1. The fourth-order valence-corrected chi connectivity index (χ4v) is 6.75. The molecule has 48 heavy (non-hydrogen) atoms. The van der Waals surface area contributed by atoms with Crippen molar-refractivity contribution in [2.45, 2.75) is 39.7 Å². The van der Waals surface area contributed by atoms with Gasteiger partial charge in [-0.3, -0.25) is 4.79 Å². The molecule has 1 aliphatic carbocycles.